The van der Waals surface area contributed by atoms with Crippen LogP contribution in [0.5, 0.6) is 11.5 Å². The summed E-state index contributed by atoms with van der Waals surface area (Å²) >= 11 is 0. The predicted octanol–water partition coefficient (Wildman–Crippen LogP) is 4.83. The highest BCUT2D eigenvalue weighted by Crippen LogP contribution is 2.52. The van der Waals surface area contributed by atoms with Gasteiger partial charge in [-0.15, -0.1) is 0 Å². The van der Waals surface area contributed by atoms with Crippen molar-refractivity contribution in [2.75, 3.05) is 13.7 Å². The van der Waals surface area contributed by atoms with Gasteiger partial charge in [-0.25, -0.2) is 18.2 Å². The van der Waals surface area contributed by atoms with Crippen molar-refractivity contribution in [2.24, 2.45) is 5.92 Å². The highest BCUT2D eigenvalue weighted by Gasteiger charge is 2.64. The van der Waals surface area contributed by atoms with Crippen molar-refractivity contribution in [3.05, 3.63) is 41.6 Å². The monoisotopic (exact) mass is 803 g/mol. The summed E-state index contributed by atoms with van der Waals surface area (Å²) in [6.45, 7) is 3.54. The third kappa shape index (κ3) is 7.11. The van der Waals surface area contributed by atoms with Crippen LogP contribution in [0.4, 0.5) is 4.79 Å². The summed E-state index contributed by atoms with van der Waals surface area (Å²) in [6.07, 6.45) is 12.4. The second-order valence-electron chi connectivity index (χ2n) is 18.2. The smallest absolute Gasteiger partial charge is 0.408 e. The maximum absolute atomic E-state index is 14.9. The number of benzene rings is 1. The molecule has 4 saturated carbocycles. The number of ether oxygens (including phenoxy) is 3. The van der Waals surface area contributed by atoms with E-state index < -0.39 is 73.3 Å². The average molecular weight is 804 g/mol. The Balaban J connectivity index is 1.06. The molecule has 0 bridgehead atoms. The van der Waals surface area contributed by atoms with Crippen molar-refractivity contribution in [3.63, 3.8) is 0 Å². The molecule has 4 amide bonds. The molecule has 15 heteroatoms. The molecule has 9 rings (SSSR count). The number of carbonyl (C=O) groups is 4. The number of sulfonamides is 1. The zero-order chi connectivity index (χ0) is 40.0. The summed E-state index contributed by atoms with van der Waals surface area (Å²) in [4.78, 5) is 63.4. The third-order valence-electron chi connectivity index (χ3n) is 13.6. The van der Waals surface area contributed by atoms with E-state index in [2.05, 4.69) is 15.4 Å². The minimum Gasteiger partial charge on any atom is -0.497 e. The molecule has 5 atom stereocenters. The second-order valence-corrected chi connectivity index (χ2v) is 20.4. The van der Waals surface area contributed by atoms with E-state index in [1.54, 1.807) is 14.0 Å². The molecule has 57 heavy (non-hydrogen) atoms. The minimum atomic E-state index is -3.99. The number of fused-ring (bicyclic) bond motifs is 5. The highest BCUT2D eigenvalue weighted by atomic mass is 32.2. The molecular weight excluding hydrogens is 751 g/mol. The Morgan fingerprint density at radius 2 is 1.81 bits per heavy atom. The quantitative estimate of drug-likeness (QED) is 0.328. The number of hydrogen-bond donors (Lipinski definition) is 3. The number of allylic oxidation sites excluding steroid dienone is 1. The van der Waals surface area contributed by atoms with Crippen LogP contribution >= 0.6 is 0 Å². The molecule has 1 aromatic carbocycles. The summed E-state index contributed by atoms with van der Waals surface area (Å²) in [6, 6.07) is 3.80. The van der Waals surface area contributed by atoms with E-state index in [1.165, 1.54) is 4.90 Å². The number of alkyl carbamates (subject to hydrolysis) is 1. The number of carbonyl (C=O) groups excluding carboxylic acids is 4. The SMILES string of the molecule is COc1ccc2nc(C3CC3)c3c(c2c1)CC[C@]1(C[C@H]2C(=O)N[C@]4(C(=O)NS(=O)(=O)C5(C)CC5)C[C@@H]4/C=C\CCCCC[C@H](NC(=O)OC4(C)CC4)C(=O)N2C1)O3. The van der Waals surface area contributed by atoms with Gasteiger partial charge in [-0.3, -0.25) is 19.1 Å². The summed E-state index contributed by atoms with van der Waals surface area (Å²) < 4.78 is 46.1. The number of nitrogens with one attached hydrogen (secondary N) is 3. The molecule has 3 aliphatic heterocycles. The van der Waals surface area contributed by atoms with Crippen LogP contribution in [0.2, 0.25) is 0 Å². The van der Waals surface area contributed by atoms with Crippen LogP contribution < -0.4 is 24.8 Å². The number of aromatic nitrogens is 1. The van der Waals surface area contributed by atoms with Crippen LogP contribution in [0.3, 0.4) is 0 Å². The van der Waals surface area contributed by atoms with Crippen LogP contribution in [0, 0.1) is 5.92 Å². The van der Waals surface area contributed by atoms with E-state index in [9.17, 15) is 27.6 Å². The first-order valence-electron chi connectivity index (χ1n) is 20.7. The van der Waals surface area contributed by atoms with Crippen molar-refractivity contribution in [2.45, 2.75) is 150 Å². The zero-order valence-electron chi connectivity index (χ0n) is 33.0. The van der Waals surface area contributed by atoms with Gasteiger partial charge >= 0.3 is 6.09 Å². The fraction of sp³-hybridized carbons (Fsp3) is 0.643. The molecule has 306 valence electrons. The molecule has 7 aliphatic rings. The average Bonchev–Trinajstić information content (AvgIpc) is 4.00. The lowest BCUT2D eigenvalue weighted by Gasteiger charge is -2.37. The molecule has 1 aromatic heterocycles. The maximum atomic E-state index is 14.9. The Kier molecular flexibility index (Phi) is 9.09. The lowest BCUT2D eigenvalue weighted by atomic mass is 9.86. The van der Waals surface area contributed by atoms with Crippen molar-refractivity contribution >= 4 is 44.7 Å². The van der Waals surface area contributed by atoms with Crippen molar-refractivity contribution < 1.29 is 41.8 Å². The molecule has 1 saturated heterocycles. The molecule has 2 aromatic rings. The van der Waals surface area contributed by atoms with E-state index in [0.717, 1.165) is 60.7 Å². The van der Waals surface area contributed by atoms with Gasteiger partial charge in [0.1, 0.15) is 40.3 Å². The van der Waals surface area contributed by atoms with Gasteiger partial charge in [0.25, 0.3) is 5.91 Å². The zero-order valence-corrected chi connectivity index (χ0v) is 33.8. The van der Waals surface area contributed by atoms with Crippen LogP contribution in [0.15, 0.2) is 30.4 Å². The van der Waals surface area contributed by atoms with Crippen LogP contribution in [0.25, 0.3) is 10.9 Å². The first-order chi connectivity index (χ1) is 27.2. The molecular formula is C42H53N5O9S. The molecule has 4 aliphatic carbocycles. The normalized spacial score (nSPS) is 31.9. The summed E-state index contributed by atoms with van der Waals surface area (Å²) in [7, 11) is -2.36. The number of nitrogens with zero attached hydrogens (tertiary/aromatic N) is 2. The topological polar surface area (TPSA) is 182 Å². The lowest BCUT2D eigenvalue weighted by molar-refractivity contribution is -0.141. The molecule has 0 radical (unpaired) electrons. The van der Waals surface area contributed by atoms with E-state index in [1.807, 2.05) is 37.3 Å². The largest absolute Gasteiger partial charge is 0.497 e. The van der Waals surface area contributed by atoms with Crippen LogP contribution in [0.1, 0.15) is 121 Å². The number of aryl methyl sites for hydroxylation is 1. The van der Waals surface area contributed by atoms with Gasteiger partial charge in [-0.1, -0.05) is 25.0 Å². The van der Waals surface area contributed by atoms with Gasteiger partial charge in [0.05, 0.1) is 29.6 Å². The molecule has 1 spiro atoms. The summed E-state index contributed by atoms with van der Waals surface area (Å²) in [5.74, 6) is -0.535. The van der Waals surface area contributed by atoms with Gasteiger partial charge in [0, 0.05) is 29.2 Å². The Labute approximate surface area is 333 Å². The Morgan fingerprint density at radius 1 is 1.02 bits per heavy atom. The first-order valence-corrected chi connectivity index (χ1v) is 22.2. The third-order valence-corrected chi connectivity index (χ3v) is 15.7. The second kappa shape index (κ2) is 13.6. The maximum Gasteiger partial charge on any atom is 0.408 e. The van der Waals surface area contributed by atoms with E-state index in [4.69, 9.17) is 19.2 Å². The fourth-order valence-corrected chi connectivity index (χ4v) is 10.3. The van der Waals surface area contributed by atoms with Gasteiger partial charge in [-0.05, 0) is 109 Å². The van der Waals surface area contributed by atoms with Crippen molar-refractivity contribution in [3.8, 4) is 11.5 Å². The van der Waals surface area contributed by atoms with Gasteiger partial charge in [-0.2, -0.15) is 0 Å². The van der Waals surface area contributed by atoms with Gasteiger partial charge < -0.3 is 29.7 Å². The summed E-state index contributed by atoms with van der Waals surface area (Å²) in [5.41, 5.74) is -0.256. The van der Waals surface area contributed by atoms with Crippen molar-refractivity contribution in [1.82, 2.24) is 25.2 Å². The number of methoxy groups -OCH3 is 1. The molecule has 5 fully saturated rings. The van der Waals surface area contributed by atoms with Crippen LogP contribution in [-0.4, -0.2) is 89.3 Å². The van der Waals surface area contributed by atoms with Gasteiger partial charge in [0.15, 0.2) is 0 Å². The number of rotatable bonds is 7. The van der Waals surface area contributed by atoms with E-state index >= 15 is 0 Å². The minimum absolute atomic E-state index is 0.0732. The number of hydrogen-bond acceptors (Lipinski definition) is 10. The molecule has 0 unspecified atom stereocenters. The molecule has 4 heterocycles. The first kappa shape index (κ1) is 38.1. The molecule has 14 nitrogen and oxygen atoms in total. The number of pyridine rings is 1. The predicted molar refractivity (Wildman–Crippen MR) is 209 cm³/mol. The van der Waals surface area contributed by atoms with Crippen LogP contribution in [-0.2, 0) is 35.6 Å². The Bertz CT molecular complexity index is 2180. The Hall–Kier alpha value is -4.40. The fourth-order valence-electron chi connectivity index (χ4n) is 8.97. The van der Waals surface area contributed by atoms with Crippen molar-refractivity contribution in [1.29, 1.82) is 0 Å². The highest BCUT2D eigenvalue weighted by molar-refractivity contribution is 7.91. The molecule has 3 N–H and O–H groups in total. The van der Waals surface area contributed by atoms with E-state index in [0.29, 0.717) is 56.4 Å². The Morgan fingerprint density at radius 3 is 2.53 bits per heavy atom. The van der Waals surface area contributed by atoms with Gasteiger partial charge in [0.2, 0.25) is 21.8 Å². The lowest BCUT2D eigenvalue weighted by Crippen LogP contribution is -2.58. The van der Waals surface area contributed by atoms with E-state index in [-0.39, 0.29) is 25.3 Å². The number of amides is 4. The summed E-state index contributed by atoms with van der Waals surface area (Å²) in [5, 5.41) is 6.77. The standard InChI is InChI=1S/C42H53N5O9S/c1-39(17-18-39)56-38(51)44-31-10-8-6-4-5-7-9-26-22-42(26,37(50)46-57(52,53)40(2)19-20-40)45-35(48)32-23-41(24-47(32)36(31)49)16-15-28-29-21-27(54-3)13-14-30(29)43-33(25-11-12-25)34(28)55-41/h7,9,13-14,21,25-26,31-32H,4-6,8,10-12,15-20,22-24H2,1-3H3,(H,44,51)(H,45,48)(H,46,50)/b9-7-/t26-,31-,32-,41+,42+/m0/s1.